The maximum Gasteiger partial charge on any atom is 0.255 e. The van der Waals surface area contributed by atoms with E-state index in [-0.39, 0.29) is 12.0 Å². The fourth-order valence-electron chi connectivity index (χ4n) is 1.27. The van der Waals surface area contributed by atoms with Crippen molar-refractivity contribution in [2.45, 2.75) is 32.7 Å². The van der Waals surface area contributed by atoms with Crippen LogP contribution in [0.15, 0.2) is 6.20 Å². The number of aryl methyl sites for hydroxylation is 1. The smallest absolute Gasteiger partial charge is 0.255 e. The van der Waals surface area contributed by atoms with Gasteiger partial charge in [0, 0.05) is 5.56 Å². The highest BCUT2D eigenvalue weighted by Crippen LogP contribution is 2.31. The fraction of sp³-hybridized carbons (Fsp3) is 0.600. The summed E-state index contributed by atoms with van der Waals surface area (Å²) in [5, 5.41) is 4.01. The Morgan fingerprint density at radius 3 is 2.64 bits per heavy atom. The second kappa shape index (κ2) is 3.79. The predicted octanol–water partition coefficient (Wildman–Crippen LogP) is 2.70. The third-order valence-electron chi connectivity index (χ3n) is 2.02. The first-order valence-corrected chi connectivity index (χ1v) is 4.50. The van der Waals surface area contributed by atoms with Gasteiger partial charge in [0.05, 0.1) is 6.20 Å². The van der Waals surface area contributed by atoms with Crippen molar-refractivity contribution in [3.05, 3.63) is 23.2 Å². The molecule has 0 radical (unpaired) electrons. The maximum atomic E-state index is 12.1. The summed E-state index contributed by atoms with van der Waals surface area (Å²) in [6.45, 7) is 12.7. The topological polar surface area (TPSA) is 22.2 Å². The van der Waals surface area contributed by atoms with Crippen LogP contribution in [-0.4, -0.2) is 16.5 Å². The Kier molecular flexibility index (Phi) is 2.90. The van der Waals surface area contributed by atoms with Gasteiger partial charge in [0.1, 0.15) is 13.2 Å². The molecule has 1 aromatic rings. The van der Waals surface area contributed by atoms with Crippen LogP contribution in [0.4, 0.5) is 10.2 Å². The molecule has 0 aromatic carbocycles. The number of halogens is 1. The summed E-state index contributed by atoms with van der Waals surface area (Å²) in [5.41, 5.74) is 0.759. The molecule has 0 amide bonds. The van der Waals surface area contributed by atoms with E-state index in [4.69, 9.17) is 6.57 Å². The van der Waals surface area contributed by atoms with Gasteiger partial charge in [-0.1, -0.05) is 27.3 Å². The molecule has 0 saturated carbocycles. The molecule has 0 aliphatic heterocycles. The van der Waals surface area contributed by atoms with E-state index >= 15 is 0 Å². The van der Waals surface area contributed by atoms with Gasteiger partial charge >= 0.3 is 0 Å². The number of hydrogen-bond acceptors (Lipinski definition) is 1. The molecular formula is C10H14FN3. The zero-order valence-electron chi connectivity index (χ0n) is 8.71. The van der Waals surface area contributed by atoms with Crippen LogP contribution in [0, 0.1) is 6.57 Å². The van der Waals surface area contributed by atoms with Crippen LogP contribution in [0.3, 0.4) is 0 Å². The van der Waals surface area contributed by atoms with Gasteiger partial charge in [-0.2, -0.15) is 4.68 Å². The second-order valence-electron chi connectivity index (χ2n) is 4.16. The molecule has 0 N–H and O–H groups in total. The van der Waals surface area contributed by atoms with Gasteiger partial charge in [-0.05, 0) is 5.41 Å². The third-order valence-corrected chi connectivity index (χ3v) is 2.02. The van der Waals surface area contributed by atoms with Crippen LogP contribution in [0.1, 0.15) is 26.3 Å². The molecule has 0 spiro atoms. The molecule has 14 heavy (non-hydrogen) atoms. The lowest BCUT2D eigenvalue weighted by Gasteiger charge is -2.17. The van der Waals surface area contributed by atoms with E-state index in [0.29, 0.717) is 5.82 Å². The minimum atomic E-state index is -0.492. The summed E-state index contributed by atoms with van der Waals surface area (Å²) in [7, 11) is 0. The van der Waals surface area contributed by atoms with Crippen LogP contribution in [0.2, 0.25) is 0 Å². The fourth-order valence-corrected chi connectivity index (χ4v) is 1.27. The van der Waals surface area contributed by atoms with E-state index in [1.54, 1.807) is 6.20 Å². The molecule has 0 bridgehead atoms. The minimum absolute atomic E-state index is 0.117. The van der Waals surface area contributed by atoms with Crippen LogP contribution in [0.5, 0.6) is 0 Å². The van der Waals surface area contributed by atoms with Crippen LogP contribution in [0.25, 0.3) is 4.85 Å². The maximum absolute atomic E-state index is 12.1. The average molecular weight is 195 g/mol. The summed E-state index contributed by atoms with van der Waals surface area (Å²) < 4.78 is 13.6. The van der Waals surface area contributed by atoms with E-state index in [0.717, 1.165) is 5.56 Å². The lowest BCUT2D eigenvalue weighted by molar-refractivity contribution is 0.430. The zero-order chi connectivity index (χ0) is 10.8. The van der Waals surface area contributed by atoms with Crippen molar-refractivity contribution < 1.29 is 4.39 Å². The molecule has 0 aliphatic rings. The van der Waals surface area contributed by atoms with Crippen molar-refractivity contribution in [2.24, 2.45) is 0 Å². The molecule has 1 rings (SSSR count). The summed E-state index contributed by atoms with van der Waals surface area (Å²) >= 11 is 0. The van der Waals surface area contributed by atoms with Crippen molar-refractivity contribution in [3.63, 3.8) is 0 Å². The lowest BCUT2D eigenvalue weighted by Crippen LogP contribution is -2.10. The van der Waals surface area contributed by atoms with Crippen LogP contribution >= 0.6 is 0 Å². The minimum Gasteiger partial charge on any atom is -0.362 e. The first-order valence-electron chi connectivity index (χ1n) is 4.50. The highest BCUT2D eigenvalue weighted by molar-refractivity contribution is 5.48. The molecule has 1 aromatic heterocycles. The molecule has 0 saturated heterocycles. The van der Waals surface area contributed by atoms with Gasteiger partial charge in [0.25, 0.3) is 5.82 Å². The first-order chi connectivity index (χ1) is 6.50. The number of alkyl halides is 1. The second-order valence-corrected chi connectivity index (χ2v) is 4.16. The zero-order valence-corrected chi connectivity index (χ0v) is 8.71. The van der Waals surface area contributed by atoms with E-state index in [2.05, 4.69) is 9.94 Å². The Morgan fingerprint density at radius 2 is 2.21 bits per heavy atom. The Morgan fingerprint density at radius 1 is 1.57 bits per heavy atom. The van der Waals surface area contributed by atoms with Crippen LogP contribution < -0.4 is 0 Å². The largest absolute Gasteiger partial charge is 0.362 e. The van der Waals surface area contributed by atoms with Gasteiger partial charge in [-0.15, -0.1) is 5.10 Å². The van der Waals surface area contributed by atoms with E-state index < -0.39 is 6.67 Å². The Balaban J connectivity index is 3.16. The highest BCUT2D eigenvalue weighted by atomic mass is 19.1. The van der Waals surface area contributed by atoms with Gasteiger partial charge in [0.15, 0.2) is 0 Å². The molecule has 76 valence electrons. The number of rotatable bonds is 2. The summed E-state index contributed by atoms with van der Waals surface area (Å²) in [6, 6.07) is 0. The van der Waals surface area contributed by atoms with Gasteiger partial charge in [-0.25, -0.2) is 4.39 Å². The van der Waals surface area contributed by atoms with E-state index in [1.165, 1.54) is 4.68 Å². The van der Waals surface area contributed by atoms with Crippen molar-refractivity contribution in [2.75, 3.05) is 6.67 Å². The Bertz CT molecular complexity index is 354. The SMILES string of the molecule is [C-]#[N+]c1c(C(C)(C)C)cnn1CCF. The first kappa shape index (κ1) is 10.7. The number of hydrogen-bond donors (Lipinski definition) is 0. The quantitative estimate of drug-likeness (QED) is 0.665. The average Bonchev–Trinajstić information content (AvgIpc) is 2.47. The Hall–Kier alpha value is -1.37. The third kappa shape index (κ3) is 1.92. The summed E-state index contributed by atoms with van der Waals surface area (Å²) in [4.78, 5) is 3.40. The normalized spacial score (nSPS) is 11.4. The standard InChI is InChI=1S/C10H14FN3/c1-10(2,3)8-7-13-14(6-5-11)9(8)12-4/h7H,5-6H2,1-3H3. The summed E-state index contributed by atoms with van der Waals surface area (Å²) in [5.74, 6) is 0.454. The van der Waals surface area contributed by atoms with Crippen molar-refractivity contribution in [1.82, 2.24) is 9.78 Å². The van der Waals surface area contributed by atoms with Crippen molar-refractivity contribution in [3.8, 4) is 0 Å². The van der Waals surface area contributed by atoms with Crippen LogP contribution in [-0.2, 0) is 12.0 Å². The van der Waals surface area contributed by atoms with E-state index in [1.807, 2.05) is 20.8 Å². The molecule has 3 nitrogen and oxygen atoms in total. The number of nitrogens with zero attached hydrogens (tertiary/aromatic N) is 3. The monoisotopic (exact) mass is 195 g/mol. The predicted molar refractivity (Wildman–Crippen MR) is 53.2 cm³/mol. The Labute approximate surface area is 83.4 Å². The summed E-state index contributed by atoms with van der Waals surface area (Å²) in [6.07, 6.45) is 1.66. The molecule has 0 fully saturated rings. The highest BCUT2D eigenvalue weighted by Gasteiger charge is 2.22. The van der Waals surface area contributed by atoms with Crippen molar-refractivity contribution >= 4 is 5.82 Å². The van der Waals surface area contributed by atoms with Gasteiger partial charge < -0.3 is 4.85 Å². The van der Waals surface area contributed by atoms with Crippen molar-refractivity contribution in [1.29, 1.82) is 0 Å². The number of aromatic nitrogens is 2. The molecular weight excluding hydrogens is 181 g/mol. The molecule has 0 aliphatic carbocycles. The molecule has 0 atom stereocenters. The van der Waals surface area contributed by atoms with Gasteiger partial charge in [0.2, 0.25) is 0 Å². The van der Waals surface area contributed by atoms with Gasteiger partial charge in [-0.3, -0.25) is 0 Å². The molecule has 4 heteroatoms. The molecule has 1 heterocycles. The van der Waals surface area contributed by atoms with E-state index in [9.17, 15) is 4.39 Å². The molecule has 0 unspecified atom stereocenters. The lowest BCUT2D eigenvalue weighted by atomic mass is 9.89.